The Bertz CT molecular complexity index is 931. The van der Waals surface area contributed by atoms with E-state index in [1.807, 2.05) is 44.2 Å². The molecule has 136 valence electrons. The van der Waals surface area contributed by atoms with E-state index in [1.165, 1.54) is 0 Å². The van der Waals surface area contributed by atoms with Crippen LogP contribution >= 0.6 is 0 Å². The number of rotatable bonds is 5. The Labute approximate surface area is 148 Å². The van der Waals surface area contributed by atoms with Crippen molar-refractivity contribution >= 4 is 10.9 Å². The molecule has 0 aliphatic heterocycles. The normalized spacial score (nSPS) is 12.2. The van der Waals surface area contributed by atoms with Gasteiger partial charge in [0.05, 0.1) is 6.20 Å². The summed E-state index contributed by atoms with van der Waals surface area (Å²) >= 11 is 0. The molecule has 0 atom stereocenters. The summed E-state index contributed by atoms with van der Waals surface area (Å²) < 4.78 is 44.9. The van der Waals surface area contributed by atoms with Crippen LogP contribution in [-0.4, -0.2) is 20.9 Å². The monoisotopic (exact) mass is 361 g/mol. The second-order valence-corrected chi connectivity index (χ2v) is 5.95. The zero-order valence-electron chi connectivity index (χ0n) is 14.4. The van der Waals surface area contributed by atoms with Gasteiger partial charge < -0.3 is 9.30 Å². The van der Waals surface area contributed by atoms with Gasteiger partial charge in [0, 0.05) is 23.7 Å². The van der Waals surface area contributed by atoms with Crippen molar-refractivity contribution in [3.8, 4) is 5.88 Å². The predicted octanol–water partition coefficient (Wildman–Crippen LogP) is 4.75. The summed E-state index contributed by atoms with van der Waals surface area (Å²) in [6, 6.07) is 9.58. The number of allylic oxidation sites excluding steroid dienone is 2. The van der Waals surface area contributed by atoms with Gasteiger partial charge in [0.2, 0.25) is 0 Å². The van der Waals surface area contributed by atoms with Gasteiger partial charge in [-0.1, -0.05) is 36.4 Å². The van der Waals surface area contributed by atoms with Gasteiger partial charge in [-0.3, -0.25) is 0 Å². The summed E-state index contributed by atoms with van der Waals surface area (Å²) in [6.07, 6.45) is -1.39. The summed E-state index contributed by atoms with van der Waals surface area (Å²) in [7, 11) is 0. The fourth-order valence-corrected chi connectivity index (χ4v) is 2.81. The van der Waals surface area contributed by atoms with Crippen LogP contribution in [0.1, 0.15) is 16.8 Å². The number of alkyl halides is 3. The highest BCUT2D eigenvalue weighted by atomic mass is 19.4. The fraction of sp³-hybridized carbons (Fsp3) is 0.263. The minimum absolute atomic E-state index is 0.0725. The van der Waals surface area contributed by atoms with Crippen LogP contribution in [0.25, 0.3) is 10.9 Å². The van der Waals surface area contributed by atoms with Gasteiger partial charge in [-0.15, -0.1) is 5.10 Å². The summed E-state index contributed by atoms with van der Waals surface area (Å²) in [6.45, 7) is 4.14. The third-order valence-electron chi connectivity index (χ3n) is 4.23. The molecule has 3 aromatic rings. The Kier molecular flexibility index (Phi) is 4.97. The quantitative estimate of drug-likeness (QED) is 0.616. The van der Waals surface area contributed by atoms with E-state index in [4.69, 9.17) is 4.74 Å². The number of aromatic nitrogens is 3. The van der Waals surface area contributed by atoms with E-state index in [9.17, 15) is 13.2 Å². The van der Waals surface area contributed by atoms with Crippen molar-refractivity contribution in [2.45, 2.75) is 33.2 Å². The van der Waals surface area contributed by atoms with Crippen LogP contribution in [0, 0.1) is 13.8 Å². The highest BCUT2D eigenvalue weighted by Crippen LogP contribution is 2.30. The number of nitrogens with zero attached hydrogens (tertiary/aromatic N) is 3. The molecule has 0 saturated carbocycles. The molecule has 0 aliphatic carbocycles. The standard InChI is InChI=1S/C19H18F3N3O/c1-13-14(2)25(10-6-9-19(20,21)22)17-16(13)11-23-24-18(17)26-12-15-7-4-3-5-8-15/h3-9,11H,10,12H2,1-2H3. The average Bonchev–Trinajstić information content (AvgIpc) is 2.85. The number of benzene rings is 1. The van der Waals surface area contributed by atoms with Crippen molar-refractivity contribution in [2.75, 3.05) is 0 Å². The number of fused-ring (bicyclic) bond motifs is 1. The predicted molar refractivity (Wildman–Crippen MR) is 93.0 cm³/mol. The largest absolute Gasteiger partial charge is 0.470 e. The maximum Gasteiger partial charge on any atom is 0.409 e. The van der Waals surface area contributed by atoms with Crippen LogP contribution in [0.2, 0.25) is 0 Å². The molecular formula is C19H18F3N3O. The van der Waals surface area contributed by atoms with Crippen molar-refractivity contribution in [3.63, 3.8) is 0 Å². The van der Waals surface area contributed by atoms with Gasteiger partial charge in [-0.05, 0) is 25.0 Å². The number of ether oxygens (including phenoxy) is 1. The van der Waals surface area contributed by atoms with Gasteiger partial charge in [-0.2, -0.15) is 18.3 Å². The molecule has 0 radical (unpaired) electrons. The first-order valence-corrected chi connectivity index (χ1v) is 8.09. The first-order valence-electron chi connectivity index (χ1n) is 8.09. The summed E-state index contributed by atoms with van der Waals surface area (Å²) in [5, 5.41) is 8.85. The van der Waals surface area contributed by atoms with Crippen LogP contribution in [0.4, 0.5) is 13.2 Å². The van der Waals surface area contributed by atoms with Gasteiger partial charge in [0.1, 0.15) is 12.1 Å². The first-order chi connectivity index (χ1) is 12.4. The lowest BCUT2D eigenvalue weighted by Crippen LogP contribution is -2.05. The van der Waals surface area contributed by atoms with Crippen LogP contribution in [0.3, 0.4) is 0 Å². The summed E-state index contributed by atoms with van der Waals surface area (Å²) in [5.74, 6) is 0.308. The SMILES string of the molecule is Cc1c(C)n(CC=CC(F)(F)F)c2c(OCc3ccccc3)nncc12. The van der Waals surface area contributed by atoms with Crippen molar-refractivity contribution < 1.29 is 17.9 Å². The van der Waals surface area contributed by atoms with Crippen molar-refractivity contribution in [1.29, 1.82) is 0 Å². The molecule has 0 N–H and O–H groups in total. The zero-order valence-corrected chi connectivity index (χ0v) is 14.4. The molecule has 2 aromatic heterocycles. The van der Waals surface area contributed by atoms with E-state index in [0.717, 1.165) is 28.3 Å². The van der Waals surface area contributed by atoms with Crippen molar-refractivity contribution in [1.82, 2.24) is 14.8 Å². The maximum atomic E-state index is 12.4. The van der Waals surface area contributed by atoms with Crippen molar-refractivity contribution in [2.24, 2.45) is 0 Å². The van der Waals surface area contributed by atoms with Crippen molar-refractivity contribution in [3.05, 3.63) is 65.5 Å². The average molecular weight is 361 g/mol. The molecule has 0 fully saturated rings. The Hall–Kier alpha value is -2.83. The van der Waals surface area contributed by atoms with Gasteiger partial charge >= 0.3 is 6.18 Å². The van der Waals surface area contributed by atoms with Crippen LogP contribution < -0.4 is 4.74 Å². The number of aryl methyl sites for hydroxylation is 1. The molecular weight excluding hydrogens is 343 g/mol. The molecule has 1 aromatic carbocycles. The first kappa shape index (κ1) is 18.0. The number of hydrogen-bond acceptors (Lipinski definition) is 3. The molecule has 0 aliphatic rings. The second-order valence-electron chi connectivity index (χ2n) is 5.95. The minimum Gasteiger partial charge on any atom is -0.470 e. The molecule has 0 spiro atoms. The summed E-state index contributed by atoms with van der Waals surface area (Å²) in [4.78, 5) is 0. The molecule has 0 amide bonds. The highest BCUT2D eigenvalue weighted by molar-refractivity contribution is 5.88. The lowest BCUT2D eigenvalue weighted by molar-refractivity contribution is -0.0800. The van der Waals surface area contributed by atoms with Gasteiger partial charge in [-0.25, -0.2) is 0 Å². The van der Waals surface area contributed by atoms with E-state index in [0.29, 0.717) is 18.0 Å². The lowest BCUT2D eigenvalue weighted by atomic mass is 10.2. The Balaban J connectivity index is 1.96. The molecule has 4 nitrogen and oxygen atoms in total. The van der Waals surface area contributed by atoms with E-state index >= 15 is 0 Å². The van der Waals surface area contributed by atoms with Crippen LogP contribution in [0.5, 0.6) is 5.88 Å². The number of hydrogen-bond donors (Lipinski definition) is 0. The Morgan fingerprint density at radius 2 is 1.88 bits per heavy atom. The smallest absolute Gasteiger partial charge is 0.409 e. The molecule has 0 bridgehead atoms. The third-order valence-corrected chi connectivity index (χ3v) is 4.23. The van der Waals surface area contributed by atoms with Gasteiger partial charge in [0.15, 0.2) is 0 Å². The van der Waals surface area contributed by atoms with E-state index in [-0.39, 0.29) is 12.6 Å². The van der Waals surface area contributed by atoms with Crippen LogP contribution in [0.15, 0.2) is 48.7 Å². The molecule has 0 unspecified atom stereocenters. The topological polar surface area (TPSA) is 39.9 Å². The maximum absolute atomic E-state index is 12.4. The van der Waals surface area contributed by atoms with Crippen LogP contribution in [-0.2, 0) is 13.2 Å². The lowest BCUT2D eigenvalue weighted by Gasteiger charge is -2.10. The highest BCUT2D eigenvalue weighted by Gasteiger charge is 2.22. The molecule has 7 heteroatoms. The molecule has 3 rings (SSSR count). The summed E-state index contributed by atoms with van der Waals surface area (Å²) in [5.41, 5.74) is 3.42. The number of halogens is 3. The van der Waals surface area contributed by atoms with E-state index < -0.39 is 6.18 Å². The fourth-order valence-electron chi connectivity index (χ4n) is 2.81. The molecule has 2 heterocycles. The Morgan fingerprint density at radius 1 is 1.15 bits per heavy atom. The second kappa shape index (κ2) is 7.19. The third kappa shape index (κ3) is 3.87. The minimum atomic E-state index is -4.33. The Morgan fingerprint density at radius 3 is 2.58 bits per heavy atom. The van der Waals surface area contributed by atoms with E-state index in [2.05, 4.69) is 10.2 Å². The van der Waals surface area contributed by atoms with E-state index in [1.54, 1.807) is 10.8 Å². The molecule has 0 saturated heterocycles. The molecule has 26 heavy (non-hydrogen) atoms. The zero-order chi connectivity index (χ0) is 18.7. The van der Waals surface area contributed by atoms with Gasteiger partial charge in [0.25, 0.3) is 5.88 Å².